The summed E-state index contributed by atoms with van der Waals surface area (Å²) in [5, 5.41) is 9.23. The van der Waals surface area contributed by atoms with Crippen LogP contribution in [0.4, 0.5) is 8.78 Å². The molecule has 2 N–H and O–H groups in total. The summed E-state index contributed by atoms with van der Waals surface area (Å²) in [6, 6.07) is 2.58. The Labute approximate surface area is 124 Å². The fraction of sp³-hybridized carbons (Fsp3) is 0.385. The lowest BCUT2D eigenvalue weighted by molar-refractivity contribution is 0.533. The van der Waals surface area contributed by atoms with Crippen LogP contribution in [-0.4, -0.2) is 21.3 Å². The standard InChI is InChI=1S/C13H16F2N4OS/c1-3-4-16-7-8-5-9(14)11(10(15)6-8)21-13-18-17-12(20)19(13)2/h5-6,16H,3-4,7H2,1-2H3,(H,17,20). The van der Waals surface area contributed by atoms with Gasteiger partial charge in [-0.05, 0) is 42.4 Å². The second kappa shape index (κ2) is 6.86. The maximum atomic E-state index is 14.0. The van der Waals surface area contributed by atoms with Crippen LogP contribution >= 0.6 is 11.8 Å². The second-order valence-corrected chi connectivity index (χ2v) is 5.52. The van der Waals surface area contributed by atoms with Gasteiger partial charge in [-0.15, -0.1) is 5.10 Å². The molecule has 0 aliphatic heterocycles. The van der Waals surface area contributed by atoms with Crippen LogP contribution in [0.1, 0.15) is 18.9 Å². The number of aromatic nitrogens is 3. The van der Waals surface area contributed by atoms with Crippen molar-refractivity contribution in [1.29, 1.82) is 0 Å². The number of hydrogen-bond acceptors (Lipinski definition) is 4. The minimum absolute atomic E-state index is 0.170. The third kappa shape index (κ3) is 3.70. The van der Waals surface area contributed by atoms with Crippen molar-refractivity contribution in [1.82, 2.24) is 20.1 Å². The highest BCUT2D eigenvalue weighted by molar-refractivity contribution is 7.99. The molecule has 0 atom stereocenters. The van der Waals surface area contributed by atoms with Gasteiger partial charge in [0, 0.05) is 13.6 Å². The van der Waals surface area contributed by atoms with Crippen LogP contribution in [0.2, 0.25) is 0 Å². The van der Waals surface area contributed by atoms with E-state index in [-0.39, 0.29) is 10.1 Å². The smallest absolute Gasteiger partial charge is 0.313 e. The number of nitrogens with zero attached hydrogens (tertiary/aromatic N) is 2. The summed E-state index contributed by atoms with van der Waals surface area (Å²) in [4.78, 5) is 11.1. The molecule has 5 nitrogen and oxygen atoms in total. The minimum Gasteiger partial charge on any atom is -0.313 e. The van der Waals surface area contributed by atoms with Crippen LogP contribution in [0.5, 0.6) is 0 Å². The van der Waals surface area contributed by atoms with E-state index < -0.39 is 17.3 Å². The van der Waals surface area contributed by atoms with E-state index in [1.165, 1.54) is 23.7 Å². The molecule has 2 aromatic rings. The first-order valence-corrected chi connectivity index (χ1v) is 7.32. The van der Waals surface area contributed by atoms with Crippen molar-refractivity contribution in [2.45, 2.75) is 29.9 Å². The predicted molar refractivity (Wildman–Crippen MR) is 76.3 cm³/mol. The maximum absolute atomic E-state index is 14.0. The Morgan fingerprint density at radius 2 is 2.05 bits per heavy atom. The van der Waals surface area contributed by atoms with E-state index in [0.717, 1.165) is 24.7 Å². The maximum Gasteiger partial charge on any atom is 0.343 e. The third-order valence-corrected chi connectivity index (χ3v) is 3.99. The van der Waals surface area contributed by atoms with Crippen LogP contribution in [0.3, 0.4) is 0 Å². The summed E-state index contributed by atoms with van der Waals surface area (Å²) in [7, 11) is 1.48. The Morgan fingerprint density at radius 1 is 1.38 bits per heavy atom. The molecule has 1 heterocycles. The molecule has 0 saturated carbocycles. The van der Waals surface area contributed by atoms with Crippen molar-refractivity contribution < 1.29 is 8.78 Å². The fourth-order valence-corrected chi connectivity index (χ4v) is 2.54. The van der Waals surface area contributed by atoms with E-state index in [1.807, 2.05) is 6.92 Å². The van der Waals surface area contributed by atoms with E-state index in [9.17, 15) is 13.6 Å². The summed E-state index contributed by atoms with van der Waals surface area (Å²) in [5.74, 6) is -1.33. The zero-order valence-electron chi connectivity index (χ0n) is 11.7. The average molecular weight is 314 g/mol. The van der Waals surface area contributed by atoms with E-state index in [0.29, 0.717) is 12.1 Å². The van der Waals surface area contributed by atoms with Crippen LogP contribution < -0.4 is 11.0 Å². The highest BCUT2D eigenvalue weighted by Gasteiger charge is 2.16. The van der Waals surface area contributed by atoms with Crippen molar-refractivity contribution >= 4 is 11.8 Å². The van der Waals surface area contributed by atoms with E-state index in [1.54, 1.807) is 0 Å². The number of hydrogen-bond donors (Lipinski definition) is 2. The molecule has 0 radical (unpaired) electrons. The molecule has 0 aliphatic carbocycles. The van der Waals surface area contributed by atoms with Crippen molar-refractivity contribution in [3.8, 4) is 0 Å². The first-order chi connectivity index (χ1) is 10.0. The zero-order chi connectivity index (χ0) is 15.4. The molecule has 2 rings (SSSR count). The molecule has 0 bridgehead atoms. The van der Waals surface area contributed by atoms with Gasteiger partial charge in [0.2, 0.25) is 0 Å². The summed E-state index contributed by atoms with van der Waals surface area (Å²) in [6.45, 7) is 3.21. The van der Waals surface area contributed by atoms with E-state index in [4.69, 9.17) is 0 Å². The lowest BCUT2D eigenvalue weighted by Crippen LogP contribution is -2.14. The first-order valence-electron chi connectivity index (χ1n) is 6.50. The number of aromatic amines is 1. The molecule has 8 heteroatoms. The van der Waals surface area contributed by atoms with Crippen LogP contribution in [0.25, 0.3) is 0 Å². The molecule has 0 amide bonds. The van der Waals surface area contributed by atoms with Gasteiger partial charge in [0.15, 0.2) is 5.16 Å². The van der Waals surface area contributed by atoms with Crippen LogP contribution in [0.15, 0.2) is 27.0 Å². The first kappa shape index (κ1) is 15.7. The Kier molecular flexibility index (Phi) is 5.13. The van der Waals surface area contributed by atoms with Crippen molar-refractivity contribution in [3.63, 3.8) is 0 Å². The number of H-pyrrole nitrogens is 1. The van der Waals surface area contributed by atoms with Gasteiger partial charge in [0.25, 0.3) is 0 Å². The predicted octanol–water partition coefficient (Wildman–Crippen LogP) is 2.04. The third-order valence-electron chi connectivity index (χ3n) is 2.85. The van der Waals surface area contributed by atoms with Gasteiger partial charge in [-0.3, -0.25) is 4.57 Å². The average Bonchev–Trinajstić information content (AvgIpc) is 2.75. The van der Waals surface area contributed by atoms with Crippen molar-refractivity contribution in [2.75, 3.05) is 6.54 Å². The summed E-state index contributed by atoms with van der Waals surface area (Å²) < 4.78 is 29.3. The lowest BCUT2D eigenvalue weighted by Gasteiger charge is -2.08. The molecule has 21 heavy (non-hydrogen) atoms. The molecular weight excluding hydrogens is 298 g/mol. The molecule has 0 spiro atoms. The second-order valence-electron chi connectivity index (χ2n) is 4.54. The van der Waals surface area contributed by atoms with Crippen LogP contribution in [-0.2, 0) is 13.6 Å². The molecule has 0 saturated heterocycles. The number of benzene rings is 1. The summed E-state index contributed by atoms with van der Waals surface area (Å²) in [6.07, 6.45) is 0.950. The van der Waals surface area contributed by atoms with Gasteiger partial charge >= 0.3 is 5.69 Å². The number of halogens is 2. The topological polar surface area (TPSA) is 62.7 Å². The molecule has 0 fully saturated rings. The molecule has 0 aliphatic rings. The lowest BCUT2D eigenvalue weighted by atomic mass is 10.2. The normalized spacial score (nSPS) is 11.0. The zero-order valence-corrected chi connectivity index (χ0v) is 12.6. The molecule has 114 valence electrons. The van der Waals surface area contributed by atoms with Crippen molar-refractivity contribution in [2.24, 2.45) is 7.05 Å². The van der Waals surface area contributed by atoms with Gasteiger partial charge in [-0.25, -0.2) is 18.7 Å². The van der Waals surface area contributed by atoms with Gasteiger partial charge in [-0.2, -0.15) is 0 Å². The highest BCUT2D eigenvalue weighted by atomic mass is 32.2. The monoisotopic (exact) mass is 314 g/mol. The van der Waals surface area contributed by atoms with E-state index in [2.05, 4.69) is 15.5 Å². The van der Waals surface area contributed by atoms with Crippen LogP contribution in [0, 0.1) is 11.6 Å². The molecular formula is C13H16F2N4OS. The number of nitrogens with one attached hydrogen (secondary N) is 2. The number of rotatable bonds is 6. The Bertz CT molecular complexity index is 660. The fourth-order valence-electron chi connectivity index (χ4n) is 1.74. The Hall–Kier alpha value is -1.67. The minimum atomic E-state index is -0.663. The van der Waals surface area contributed by atoms with Gasteiger partial charge < -0.3 is 5.32 Å². The van der Waals surface area contributed by atoms with E-state index >= 15 is 0 Å². The van der Waals surface area contributed by atoms with Crippen molar-refractivity contribution in [3.05, 3.63) is 39.8 Å². The van der Waals surface area contributed by atoms with Gasteiger partial charge in [0.05, 0.1) is 4.90 Å². The summed E-state index contributed by atoms with van der Waals surface area (Å²) in [5.41, 5.74) is 0.109. The van der Waals surface area contributed by atoms with Gasteiger partial charge in [0.1, 0.15) is 11.6 Å². The SMILES string of the molecule is CCCNCc1cc(F)c(Sc2n[nH]c(=O)n2C)c(F)c1. The molecule has 1 aromatic carbocycles. The quantitative estimate of drug-likeness (QED) is 0.801. The summed E-state index contributed by atoms with van der Waals surface area (Å²) >= 11 is 0.776. The molecule has 0 unspecified atom stereocenters. The van der Waals surface area contributed by atoms with Gasteiger partial charge in [-0.1, -0.05) is 6.92 Å². The largest absolute Gasteiger partial charge is 0.343 e. The Balaban J connectivity index is 2.21. The molecule has 1 aromatic heterocycles. The Morgan fingerprint density at radius 3 is 2.57 bits per heavy atom. The highest BCUT2D eigenvalue weighted by Crippen LogP contribution is 2.30.